The Morgan fingerprint density at radius 2 is 2.25 bits per heavy atom. The van der Waals surface area contributed by atoms with Gasteiger partial charge in [-0.05, 0) is 32.8 Å². The average Bonchev–Trinajstić information content (AvgIpc) is 2.05. The molecule has 2 heteroatoms. The first-order valence-electron chi connectivity index (χ1n) is 4.27. The number of allylic oxidation sites excluding steroid dienone is 2. The molecule has 1 atom stereocenters. The highest BCUT2D eigenvalue weighted by Crippen LogP contribution is 2.19. The molecule has 2 nitrogen and oxygen atoms in total. The van der Waals surface area contributed by atoms with Crippen LogP contribution in [0.5, 0.6) is 0 Å². The maximum atomic E-state index is 11.2. The zero-order chi connectivity index (χ0) is 8.97. The highest BCUT2D eigenvalue weighted by Gasteiger charge is 2.21. The van der Waals surface area contributed by atoms with Crippen LogP contribution in [0, 0.1) is 0 Å². The summed E-state index contributed by atoms with van der Waals surface area (Å²) < 4.78 is 5.14. The molecule has 0 bridgehead atoms. The Morgan fingerprint density at radius 1 is 1.50 bits per heavy atom. The number of ether oxygens (including phenoxy) is 1. The van der Waals surface area contributed by atoms with Gasteiger partial charge < -0.3 is 4.74 Å². The first-order valence-corrected chi connectivity index (χ1v) is 4.27. The van der Waals surface area contributed by atoms with E-state index in [-0.39, 0.29) is 12.1 Å². The molecule has 1 rings (SSSR count). The highest BCUT2D eigenvalue weighted by molar-refractivity contribution is 5.89. The van der Waals surface area contributed by atoms with Crippen molar-refractivity contribution in [3.8, 4) is 0 Å². The van der Waals surface area contributed by atoms with Crippen molar-refractivity contribution in [3.05, 3.63) is 23.8 Å². The summed E-state index contributed by atoms with van der Waals surface area (Å²) in [4.78, 5) is 11.2. The molecule has 0 amide bonds. The summed E-state index contributed by atoms with van der Waals surface area (Å²) >= 11 is 0. The maximum Gasteiger partial charge on any atom is 0.334 e. The first kappa shape index (κ1) is 9.04. The second kappa shape index (κ2) is 4.10. The van der Waals surface area contributed by atoms with Crippen molar-refractivity contribution in [2.24, 2.45) is 0 Å². The fourth-order valence-electron chi connectivity index (χ4n) is 1.28. The minimum atomic E-state index is -0.160. The van der Waals surface area contributed by atoms with Crippen LogP contribution in [0.3, 0.4) is 0 Å². The number of hydrogen-bond acceptors (Lipinski definition) is 2. The molecular weight excluding hydrogens is 152 g/mol. The monoisotopic (exact) mass is 166 g/mol. The zero-order valence-electron chi connectivity index (χ0n) is 7.54. The van der Waals surface area contributed by atoms with E-state index < -0.39 is 0 Å². The van der Waals surface area contributed by atoms with Crippen molar-refractivity contribution in [1.29, 1.82) is 0 Å². The van der Waals surface area contributed by atoms with Gasteiger partial charge in [0.05, 0.1) is 0 Å². The SMILES string of the molecule is C/C=C/C1CC/C(=C\C)C(=O)O1. The molecule has 0 aliphatic carbocycles. The molecular formula is C10H14O2. The summed E-state index contributed by atoms with van der Waals surface area (Å²) in [6, 6.07) is 0. The van der Waals surface area contributed by atoms with E-state index in [0.29, 0.717) is 0 Å². The Balaban J connectivity index is 2.58. The molecule has 0 radical (unpaired) electrons. The topological polar surface area (TPSA) is 26.3 Å². The van der Waals surface area contributed by atoms with E-state index in [1.165, 1.54) is 0 Å². The predicted molar refractivity (Wildman–Crippen MR) is 47.7 cm³/mol. The highest BCUT2D eigenvalue weighted by atomic mass is 16.5. The minimum Gasteiger partial charge on any atom is -0.455 e. The Labute approximate surface area is 72.9 Å². The fourth-order valence-corrected chi connectivity index (χ4v) is 1.28. The van der Waals surface area contributed by atoms with Crippen molar-refractivity contribution < 1.29 is 9.53 Å². The second-order valence-electron chi connectivity index (χ2n) is 2.82. The van der Waals surface area contributed by atoms with Crippen molar-refractivity contribution in [2.45, 2.75) is 32.8 Å². The molecule has 66 valence electrons. The third-order valence-electron chi connectivity index (χ3n) is 1.97. The van der Waals surface area contributed by atoms with Crippen LogP contribution in [-0.4, -0.2) is 12.1 Å². The number of carbonyl (C=O) groups is 1. The number of esters is 1. The van der Waals surface area contributed by atoms with Gasteiger partial charge in [-0.2, -0.15) is 0 Å². The molecule has 1 aliphatic heterocycles. The maximum absolute atomic E-state index is 11.2. The van der Waals surface area contributed by atoms with Crippen LogP contribution >= 0.6 is 0 Å². The lowest BCUT2D eigenvalue weighted by molar-refractivity contribution is -0.145. The molecule has 1 aliphatic rings. The van der Waals surface area contributed by atoms with Crippen LogP contribution in [-0.2, 0) is 9.53 Å². The minimum absolute atomic E-state index is 0.00815. The van der Waals surface area contributed by atoms with Crippen LogP contribution in [0.4, 0.5) is 0 Å². The summed E-state index contributed by atoms with van der Waals surface area (Å²) in [5.74, 6) is -0.160. The molecule has 0 spiro atoms. The summed E-state index contributed by atoms with van der Waals surface area (Å²) in [6.45, 7) is 3.80. The quantitative estimate of drug-likeness (QED) is 0.339. The van der Waals surface area contributed by atoms with Gasteiger partial charge in [0.2, 0.25) is 0 Å². The molecule has 0 saturated carbocycles. The van der Waals surface area contributed by atoms with Gasteiger partial charge in [-0.15, -0.1) is 0 Å². The van der Waals surface area contributed by atoms with E-state index in [4.69, 9.17) is 4.74 Å². The van der Waals surface area contributed by atoms with E-state index in [2.05, 4.69) is 0 Å². The number of hydrogen-bond donors (Lipinski definition) is 0. The lowest BCUT2D eigenvalue weighted by Crippen LogP contribution is -2.23. The number of carbonyl (C=O) groups excluding carboxylic acids is 1. The van der Waals surface area contributed by atoms with Crippen LogP contribution < -0.4 is 0 Å². The molecule has 1 saturated heterocycles. The molecule has 1 fully saturated rings. The van der Waals surface area contributed by atoms with E-state index in [9.17, 15) is 4.79 Å². The third kappa shape index (κ3) is 1.97. The Bertz CT molecular complexity index is 226. The largest absolute Gasteiger partial charge is 0.455 e. The van der Waals surface area contributed by atoms with Crippen LogP contribution in [0.2, 0.25) is 0 Å². The third-order valence-corrected chi connectivity index (χ3v) is 1.97. The van der Waals surface area contributed by atoms with Gasteiger partial charge in [0, 0.05) is 5.57 Å². The molecule has 0 N–H and O–H groups in total. The van der Waals surface area contributed by atoms with Crippen molar-refractivity contribution in [2.75, 3.05) is 0 Å². The van der Waals surface area contributed by atoms with Crippen molar-refractivity contribution in [1.82, 2.24) is 0 Å². The van der Waals surface area contributed by atoms with Gasteiger partial charge in [-0.1, -0.05) is 12.2 Å². The van der Waals surface area contributed by atoms with Gasteiger partial charge in [-0.3, -0.25) is 0 Å². The lowest BCUT2D eigenvalue weighted by atomic mass is 10.0. The Morgan fingerprint density at radius 3 is 2.75 bits per heavy atom. The Kier molecular flexibility index (Phi) is 3.09. The molecule has 0 aromatic rings. The van der Waals surface area contributed by atoms with Gasteiger partial charge in [-0.25, -0.2) is 4.79 Å². The fraction of sp³-hybridized carbons (Fsp3) is 0.500. The molecule has 0 aromatic carbocycles. The van der Waals surface area contributed by atoms with E-state index in [1.54, 1.807) is 0 Å². The predicted octanol–water partition coefficient (Wildman–Crippen LogP) is 2.21. The summed E-state index contributed by atoms with van der Waals surface area (Å²) in [5, 5.41) is 0. The lowest BCUT2D eigenvalue weighted by Gasteiger charge is -2.21. The van der Waals surface area contributed by atoms with Crippen LogP contribution in [0.15, 0.2) is 23.8 Å². The number of rotatable bonds is 1. The van der Waals surface area contributed by atoms with Gasteiger partial charge >= 0.3 is 5.97 Å². The Hall–Kier alpha value is -1.05. The van der Waals surface area contributed by atoms with Crippen molar-refractivity contribution >= 4 is 5.97 Å². The zero-order valence-corrected chi connectivity index (χ0v) is 7.54. The summed E-state index contributed by atoms with van der Waals surface area (Å²) in [6.07, 6.45) is 7.41. The standard InChI is InChI=1S/C10H14O2/c1-3-5-9-7-6-8(4-2)10(11)12-9/h3-5,9H,6-7H2,1-2H3/b5-3+,8-4+. The second-order valence-corrected chi connectivity index (χ2v) is 2.82. The van der Waals surface area contributed by atoms with Crippen molar-refractivity contribution in [3.63, 3.8) is 0 Å². The summed E-state index contributed by atoms with van der Waals surface area (Å²) in [7, 11) is 0. The van der Waals surface area contributed by atoms with Gasteiger partial charge in [0.1, 0.15) is 6.10 Å². The van der Waals surface area contributed by atoms with Gasteiger partial charge in [0.15, 0.2) is 0 Å². The van der Waals surface area contributed by atoms with Crippen LogP contribution in [0.1, 0.15) is 26.7 Å². The molecule has 12 heavy (non-hydrogen) atoms. The smallest absolute Gasteiger partial charge is 0.334 e. The van der Waals surface area contributed by atoms with E-state index in [1.807, 2.05) is 32.1 Å². The molecule has 1 unspecified atom stereocenters. The first-order chi connectivity index (χ1) is 5.77. The normalized spacial score (nSPS) is 28.0. The van der Waals surface area contributed by atoms with E-state index in [0.717, 1.165) is 18.4 Å². The molecule has 0 aromatic heterocycles. The molecule has 1 heterocycles. The van der Waals surface area contributed by atoms with Gasteiger partial charge in [0.25, 0.3) is 0 Å². The summed E-state index contributed by atoms with van der Waals surface area (Å²) in [5.41, 5.74) is 0.802. The van der Waals surface area contributed by atoms with E-state index >= 15 is 0 Å². The number of cyclic esters (lactones) is 1. The average molecular weight is 166 g/mol. The van der Waals surface area contributed by atoms with Crippen LogP contribution in [0.25, 0.3) is 0 Å².